The largest absolute Gasteiger partial charge is 0.480 e. The molecule has 3 aliphatic heterocycles. The molecule has 3 aliphatic rings. The number of aryl methyl sites for hydroxylation is 1. The van der Waals surface area contributed by atoms with E-state index in [1.807, 2.05) is 6.07 Å². The third-order valence-electron chi connectivity index (χ3n) is 9.30. The van der Waals surface area contributed by atoms with Crippen LogP contribution in [0.25, 0.3) is 10.9 Å². The van der Waals surface area contributed by atoms with Crippen LogP contribution < -0.4 is 25.8 Å². The Kier molecular flexibility index (Phi) is 9.20. The highest BCUT2D eigenvalue weighted by Crippen LogP contribution is 2.36. The summed E-state index contributed by atoms with van der Waals surface area (Å²) in [5.41, 5.74) is 2.11. The fourth-order valence-electron chi connectivity index (χ4n) is 6.66. The van der Waals surface area contributed by atoms with Gasteiger partial charge >= 0.3 is 0 Å². The highest BCUT2D eigenvalue weighted by molar-refractivity contribution is 6.33. The van der Waals surface area contributed by atoms with Crippen molar-refractivity contribution in [3.8, 4) is 17.6 Å². The predicted molar refractivity (Wildman–Crippen MR) is 191 cm³/mol. The summed E-state index contributed by atoms with van der Waals surface area (Å²) < 4.78 is 6.88. The van der Waals surface area contributed by atoms with Gasteiger partial charge in [-0.1, -0.05) is 23.6 Å². The first-order valence-electron chi connectivity index (χ1n) is 16.6. The molecule has 5 heterocycles. The molecule has 14 nitrogen and oxygen atoms in total. The van der Waals surface area contributed by atoms with E-state index in [-0.39, 0.29) is 64.4 Å². The lowest BCUT2D eigenvalue weighted by Crippen LogP contribution is -2.54. The highest BCUT2D eigenvalue weighted by atomic mass is 35.5. The molecule has 0 spiro atoms. The molecule has 7 rings (SSSR count). The second-order valence-electron chi connectivity index (χ2n) is 12.8. The Morgan fingerprint density at radius 1 is 1.06 bits per heavy atom. The topological polar surface area (TPSA) is 173 Å². The fourth-order valence-corrected chi connectivity index (χ4v) is 6.80. The summed E-state index contributed by atoms with van der Waals surface area (Å²) in [6.07, 6.45) is 2.99. The van der Waals surface area contributed by atoms with Gasteiger partial charge in [0, 0.05) is 43.5 Å². The Hall–Kier alpha value is -6.07. The van der Waals surface area contributed by atoms with Crippen molar-refractivity contribution in [3.63, 3.8) is 0 Å². The maximum absolute atomic E-state index is 13.6. The van der Waals surface area contributed by atoms with Gasteiger partial charge in [-0.2, -0.15) is 0 Å². The first kappa shape index (κ1) is 34.4. The van der Waals surface area contributed by atoms with E-state index in [1.54, 1.807) is 43.4 Å². The third kappa shape index (κ3) is 6.58. The summed E-state index contributed by atoms with van der Waals surface area (Å²) in [4.78, 5) is 86.9. The van der Waals surface area contributed by atoms with E-state index in [4.69, 9.17) is 16.3 Å². The Morgan fingerprint density at radius 3 is 2.60 bits per heavy atom. The molecule has 1 atom stereocenters. The average molecular weight is 722 g/mol. The molecule has 2 aromatic heterocycles. The van der Waals surface area contributed by atoms with Gasteiger partial charge in [-0.05, 0) is 68.5 Å². The minimum atomic E-state index is -1.03. The molecule has 0 saturated carbocycles. The summed E-state index contributed by atoms with van der Waals surface area (Å²) in [6.45, 7) is 2.34. The number of hydrogen-bond donors (Lipinski definition) is 2. The summed E-state index contributed by atoms with van der Waals surface area (Å²) in [7, 11) is 1.63. The van der Waals surface area contributed by atoms with E-state index in [1.165, 1.54) is 17.7 Å². The number of ether oxygens (including phenoxy) is 1. The van der Waals surface area contributed by atoms with Crippen molar-refractivity contribution >= 4 is 69.1 Å². The molecule has 0 bridgehead atoms. The van der Waals surface area contributed by atoms with Gasteiger partial charge in [-0.25, -0.2) is 9.97 Å². The Labute approximate surface area is 302 Å². The summed E-state index contributed by atoms with van der Waals surface area (Å²) in [5, 5.41) is 6.40. The number of aromatic nitrogens is 3. The fraction of sp³-hybridized carbons (Fsp3) is 0.297. The number of fused-ring (bicyclic) bond motifs is 2. The molecule has 2 N–H and O–H groups in total. The lowest BCUT2D eigenvalue weighted by Gasteiger charge is -2.33. The van der Waals surface area contributed by atoms with E-state index in [0.717, 1.165) is 4.90 Å². The zero-order chi connectivity index (χ0) is 36.7. The van der Waals surface area contributed by atoms with Gasteiger partial charge in [0.05, 0.1) is 28.5 Å². The second kappa shape index (κ2) is 13.9. The van der Waals surface area contributed by atoms with Crippen molar-refractivity contribution in [2.24, 2.45) is 13.0 Å². The van der Waals surface area contributed by atoms with Gasteiger partial charge in [0.1, 0.15) is 17.7 Å². The Morgan fingerprint density at radius 2 is 1.85 bits per heavy atom. The Balaban J connectivity index is 1.03. The smallest absolute Gasteiger partial charge is 0.293 e. The molecule has 0 aliphatic carbocycles. The Bertz CT molecular complexity index is 2320. The van der Waals surface area contributed by atoms with Gasteiger partial charge < -0.3 is 19.5 Å². The molecule has 0 radical (unpaired) electrons. The van der Waals surface area contributed by atoms with E-state index in [2.05, 4.69) is 37.3 Å². The number of rotatable bonds is 7. The quantitative estimate of drug-likeness (QED) is 0.212. The van der Waals surface area contributed by atoms with Crippen LogP contribution in [0.3, 0.4) is 0 Å². The van der Waals surface area contributed by atoms with Crippen LogP contribution in [-0.2, 0) is 21.4 Å². The minimum Gasteiger partial charge on any atom is -0.480 e. The molecule has 1 unspecified atom stereocenters. The van der Waals surface area contributed by atoms with Gasteiger partial charge in [-0.3, -0.25) is 39.0 Å². The van der Waals surface area contributed by atoms with Crippen molar-refractivity contribution < 1.29 is 28.7 Å². The van der Waals surface area contributed by atoms with E-state index >= 15 is 0 Å². The summed E-state index contributed by atoms with van der Waals surface area (Å²) >= 11 is 6.44. The minimum absolute atomic E-state index is 0.0209. The van der Waals surface area contributed by atoms with Gasteiger partial charge in [0.2, 0.25) is 17.6 Å². The van der Waals surface area contributed by atoms with Gasteiger partial charge in [-0.15, -0.1) is 0 Å². The standard InChI is InChI=1S/C37H32ClN7O7/c1-20(46)19-52-29-17-22-16-23(7-8-26(22)43(2)36(29)50)40-33-25(38)18-39-30(41-33)10-6-21-12-14-44(15-13-21)27-5-3-4-24-32(27)37(51)45(35(24)49)28-9-11-31(47)42-34(28)48/h3-5,7-8,16-18,21,28H,9,11-15,19H2,1-2H3,(H,39,40,41)(H,42,47,48). The number of amides is 4. The van der Waals surface area contributed by atoms with Crippen LogP contribution in [0.15, 0.2) is 53.5 Å². The van der Waals surface area contributed by atoms with Crippen LogP contribution in [0, 0.1) is 17.8 Å². The monoisotopic (exact) mass is 721 g/mol. The first-order valence-corrected chi connectivity index (χ1v) is 17.0. The molecule has 15 heteroatoms. The lowest BCUT2D eigenvalue weighted by molar-refractivity contribution is -0.136. The third-order valence-corrected chi connectivity index (χ3v) is 9.58. The molecule has 2 aromatic carbocycles. The van der Waals surface area contributed by atoms with E-state index in [9.17, 15) is 28.8 Å². The van der Waals surface area contributed by atoms with Crippen LogP contribution >= 0.6 is 11.6 Å². The van der Waals surface area contributed by atoms with Crippen molar-refractivity contribution in [1.82, 2.24) is 24.8 Å². The average Bonchev–Trinajstić information content (AvgIpc) is 3.38. The maximum atomic E-state index is 13.6. The molecular weight excluding hydrogens is 690 g/mol. The van der Waals surface area contributed by atoms with Crippen molar-refractivity contribution in [3.05, 3.63) is 81.0 Å². The summed E-state index contributed by atoms with van der Waals surface area (Å²) in [6, 6.07) is 11.1. The lowest BCUT2D eigenvalue weighted by atomic mass is 9.96. The number of Topliss-reactive ketones (excluding diaryl/α,β-unsaturated/α-hetero) is 1. The van der Waals surface area contributed by atoms with Crippen LogP contribution in [0.5, 0.6) is 5.75 Å². The number of carbonyl (C=O) groups is 5. The first-order chi connectivity index (χ1) is 25.0. The zero-order valence-electron chi connectivity index (χ0n) is 28.2. The number of nitrogens with one attached hydrogen (secondary N) is 2. The predicted octanol–water partition coefficient (Wildman–Crippen LogP) is 3.36. The number of hydrogen-bond acceptors (Lipinski definition) is 11. The maximum Gasteiger partial charge on any atom is 0.293 e. The van der Waals surface area contributed by atoms with Crippen molar-refractivity contribution in [2.75, 3.05) is 29.9 Å². The number of pyridine rings is 1. The number of nitrogens with zero attached hydrogens (tertiary/aromatic N) is 5. The number of piperidine rings is 2. The van der Waals surface area contributed by atoms with E-state index in [0.29, 0.717) is 54.0 Å². The van der Waals surface area contributed by atoms with Gasteiger partial charge in [0.15, 0.2) is 17.4 Å². The normalized spacial score (nSPS) is 17.5. The number of anilines is 3. The molecule has 4 aromatic rings. The van der Waals surface area contributed by atoms with Crippen LogP contribution in [0.4, 0.5) is 17.2 Å². The second-order valence-corrected chi connectivity index (χ2v) is 13.2. The number of carbonyl (C=O) groups excluding carboxylic acids is 5. The van der Waals surface area contributed by atoms with Crippen molar-refractivity contribution in [2.45, 2.75) is 38.6 Å². The zero-order valence-corrected chi connectivity index (χ0v) is 29.0. The highest BCUT2D eigenvalue weighted by Gasteiger charge is 2.46. The molecule has 264 valence electrons. The molecule has 2 saturated heterocycles. The van der Waals surface area contributed by atoms with Crippen LogP contribution in [-0.4, -0.2) is 74.6 Å². The SMILES string of the molecule is CC(=O)COc1cc2cc(Nc3nc(C#CC4CCN(c5cccc6c5C(=O)N(C5CCC(=O)NC5=O)C6=O)CC4)ncc3Cl)ccc2n(C)c1=O. The van der Waals surface area contributed by atoms with Crippen LogP contribution in [0.1, 0.15) is 59.1 Å². The number of benzene rings is 2. The van der Waals surface area contributed by atoms with Crippen molar-refractivity contribution in [1.29, 1.82) is 0 Å². The molecule has 4 amide bonds. The molecular formula is C37H32ClN7O7. The van der Waals surface area contributed by atoms with E-state index < -0.39 is 29.7 Å². The number of halogens is 1. The molecule has 2 fully saturated rings. The summed E-state index contributed by atoms with van der Waals surface area (Å²) in [5.74, 6) is 4.70. The van der Waals surface area contributed by atoms with Gasteiger partial charge in [0.25, 0.3) is 17.4 Å². The number of ketones is 1. The van der Waals surface area contributed by atoms with Crippen LogP contribution in [0.2, 0.25) is 5.02 Å². The molecule has 52 heavy (non-hydrogen) atoms. The number of imide groups is 2.